The summed E-state index contributed by atoms with van der Waals surface area (Å²) in [5.74, 6) is 1.41. The maximum absolute atomic E-state index is 6.05. The molecule has 122 valence electrons. The van der Waals surface area contributed by atoms with Crippen LogP contribution >= 0.6 is 23.2 Å². The topological polar surface area (TPSA) is 34.2 Å². The molecular formula is C19H16Cl2N2O. The van der Waals surface area contributed by atoms with Gasteiger partial charge in [-0.25, -0.2) is 0 Å². The van der Waals surface area contributed by atoms with E-state index in [0.717, 1.165) is 22.6 Å². The Labute approximate surface area is 151 Å². The first kappa shape index (κ1) is 16.8. The van der Waals surface area contributed by atoms with E-state index in [1.165, 1.54) is 0 Å². The number of hydrogen-bond acceptors (Lipinski definition) is 3. The largest absolute Gasteiger partial charge is 0.457 e. The Morgan fingerprint density at radius 3 is 2.58 bits per heavy atom. The molecule has 0 fully saturated rings. The third-order valence-corrected chi connectivity index (χ3v) is 4.25. The zero-order valence-corrected chi connectivity index (χ0v) is 14.6. The van der Waals surface area contributed by atoms with E-state index in [-0.39, 0.29) is 0 Å². The molecule has 0 aliphatic rings. The van der Waals surface area contributed by atoms with Gasteiger partial charge >= 0.3 is 0 Å². The second-order valence-corrected chi connectivity index (χ2v) is 6.06. The Bertz CT molecular complexity index is 838. The van der Waals surface area contributed by atoms with Gasteiger partial charge in [-0.05, 0) is 49.5 Å². The molecule has 0 aliphatic carbocycles. The van der Waals surface area contributed by atoms with E-state index in [9.17, 15) is 0 Å². The van der Waals surface area contributed by atoms with Gasteiger partial charge in [-0.1, -0.05) is 29.3 Å². The number of halogens is 2. The van der Waals surface area contributed by atoms with E-state index in [2.05, 4.69) is 16.4 Å². The molecule has 0 amide bonds. The summed E-state index contributed by atoms with van der Waals surface area (Å²) in [4.78, 5) is 4.39. The number of hydrogen-bond donors (Lipinski definition) is 1. The van der Waals surface area contributed by atoms with Gasteiger partial charge in [-0.3, -0.25) is 4.98 Å². The lowest BCUT2D eigenvalue weighted by Crippen LogP contribution is -2.06. The third kappa shape index (κ3) is 3.88. The van der Waals surface area contributed by atoms with Gasteiger partial charge in [0, 0.05) is 29.9 Å². The standard InChI is InChI=1S/C19H16Cl2N2O/c1-22-12-14-10-13(18-4-2-3-9-23-18)5-8-19(14)24-15-6-7-16(20)17(21)11-15/h2-11,22H,12H2,1H3. The van der Waals surface area contributed by atoms with Crippen LogP contribution in [-0.2, 0) is 6.54 Å². The van der Waals surface area contributed by atoms with Crippen molar-refractivity contribution in [1.82, 2.24) is 10.3 Å². The Kier molecular flexibility index (Phi) is 5.36. The van der Waals surface area contributed by atoms with Crippen molar-refractivity contribution >= 4 is 23.2 Å². The van der Waals surface area contributed by atoms with Crippen LogP contribution in [0.4, 0.5) is 0 Å². The number of ether oxygens (including phenoxy) is 1. The predicted octanol–water partition coefficient (Wildman–Crippen LogP) is 5.57. The van der Waals surface area contributed by atoms with Gasteiger partial charge in [0.25, 0.3) is 0 Å². The fourth-order valence-electron chi connectivity index (χ4n) is 2.37. The molecule has 0 saturated carbocycles. The van der Waals surface area contributed by atoms with Gasteiger partial charge in [0.05, 0.1) is 15.7 Å². The highest BCUT2D eigenvalue weighted by atomic mass is 35.5. The molecule has 0 aliphatic heterocycles. The molecule has 0 atom stereocenters. The first-order valence-corrected chi connectivity index (χ1v) is 8.25. The molecule has 0 bridgehead atoms. The van der Waals surface area contributed by atoms with Gasteiger partial charge in [0.1, 0.15) is 11.5 Å². The van der Waals surface area contributed by atoms with Crippen molar-refractivity contribution in [3.05, 3.63) is 76.4 Å². The van der Waals surface area contributed by atoms with Gasteiger partial charge < -0.3 is 10.1 Å². The van der Waals surface area contributed by atoms with Crippen molar-refractivity contribution in [2.24, 2.45) is 0 Å². The Hall–Kier alpha value is -2.07. The van der Waals surface area contributed by atoms with Crippen molar-refractivity contribution in [2.45, 2.75) is 6.54 Å². The summed E-state index contributed by atoms with van der Waals surface area (Å²) in [6.45, 7) is 0.678. The minimum absolute atomic E-state index is 0.467. The van der Waals surface area contributed by atoms with E-state index >= 15 is 0 Å². The van der Waals surface area contributed by atoms with Crippen LogP contribution in [0.25, 0.3) is 11.3 Å². The van der Waals surface area contributed by atoms with E-state index in [1.807, 2.05) is 37.4 Å². The first-order valence-electron chi connectivity index (χ1n) is 7.49. The molecule has 2 aromatic carbocycles. The van der Waals surface area contributed by atoms with Crippen LogP contribution in [0.2, 0.25) is 10.0 Å². The van der Waals surface area contributed by atoms with E-state index in [1.54, 1.807) is 24.4 Å². The SMILES string of the molecule is CNCc1cc(-c2ccccn2)ccc1Oc1ccc(Cl)c(Cl)c1. The lowest BCUT2D eigenvalue weighted by molar-refractivity contribution is 0.474. The second kappa shape index (κ2) is 7.67. The van der Waals surface area contributed by atoms with E-state index in [0.29, 0.717) is 22.3 Å². The fourth-order valence-corrected chi connectivity index (χ4v) is 2.66. The minimum Gasteiger partial charge on any atom is -0.457 e. The van der Waals surface area contributed by atoms with Crippen LogP contribution < -0.4 is 10.1 Å². The van der Waals surface area contributed by atoms with Gasteiger partial charge in [-0.15, -0.1) is 0 Å². The van der Waals surface area contributed by atoms with Crippen molar-refractivity contribution in [2.75, 3.05) is 7.05 Å². The van der Waals surface area contributed by atoms with Crippen molar-refractivity contribution in [3.63, 3.8) is 0 Å². The zero-order valence-electron chi connectivity index (χ0n) is 13.1. The Morgan fingerprint density at radius 1 is 1.00 bits per heavy atom. The average molecular weight is 359 g/mol. The van der Waals surface area contributed by atoms with Crippen LogP contribution in [-0.4, -0.2) is 12.0 Å². The van der Waals surface area contributed by atoms with Crippen LogP contribution in [0.1, 0.15) is 5.56 Å². The Morgan fingerprint density at radius 2 is 1.88 bits per heavy atom. The minimum atomic E-state index is 0.467. The molecule has 0 unspecified atom stereocenters. The molecule has 0 spiro atoms. The first-order chi connectivity index (χ1) is 11.7. The second-order valence-electron chi connectivity index (χ2n) is 5.25. The van der Waals surface area contributed by atoms with Gasteiger partial charge in [-0.2, -0.15) is 0 Å². The summed E-state index contributed by atoms with van der Waals surface area (Å²) in [6.07, 6.45) is 1.78. The molecule has 24 heavy (non-hydrogen) atoms. The summed E-state index contributed by atoms with van der Waals surface area (Å²) >= 11 is 12.0. The number of nitrogens with one attached hydrogen (secondary N) is 1. The summed E-state index contributed by atoms with van der Waals surface area (Å²) in [5, 5.41) is 4.13. The van der Waals surface area contributed by atoms with Gasteiger partial charge in [0.15, 0.2) is 0 Å². The van der Waals surface area contributed by atoms with Gasteiger partial charge in [0.2, 0.25) is 0 Å². The highest BCUT2D eigenvalue weighted by Gasteiger charge is 2.09. The highest BCUT2D eigenvalue weighted by Crippen LogP contribution is 2.32. The normalized spacial score (nSPS) is 10.6. The van der Waals surface area contributed by atoms with Crippen molar-refractivity contribution in [1.29, 1.82) is 0 Å². The van der Waals surface area contributed by atoms with Crippen LogP contribution in [0.3, 0.4) is 0 Å². The molecule has 3 nitrogen and oxygen atoms in total. The molecule has 1 aromatic heterocycles. The number of aromatic nitrogens is 1. The monoisotopic (exact) mass is 358 g/mol. The average Bonchev–Trinajstić information content (AvgIpc) is 2.61. The molecule has 5 heteroatoms. The number of nitrogens with zero attached hydrogens (tertiary/aromatic N) is 1. The third-order valence-electron chi connectivity index (χ3n) is 3.51. The smallest absolute Gasteiger partial charge is 0.131 e. The predicted molar refractivity (Wildman–Crippen MR) is 99.0 cm³/mol. The molecular weight excluding hydrogens is 343 g/mol. The van der Waals surface area contributed by atoms with Crippen molar-refractivity contribution in [3.8, 4) is 22.8 Å². The van der Waals surface area contributed by atoms with Crippen LogP contribution in [0.5, 0.6) is 11.5 Å². The van der Waals surface area contributed by atoms with E-state index in [4.69, 9.17) is 27.9 Å². The zero-order chi connectivity index (χ0) is 16.9. The molecule has 1 heterocycles. The lowest BCUT2D eigenvalue weighted by Gasteiger charge is -2.13. The summed E-state index contributed by atoms with van der Waals surface area (Å²) < 4.78 is 5.99. The Balaban J connectivity index is 1.93. The summed E-state index contributed by atoms with van der Waals surface area (Å²) in [7, 11) is 1.90. The van der Waals surface area contributed by atoms with Crippen LogP contribution in [0, 0.1) is 0 Å². The quantitative estimate of drug-likeness (QED) is 0.647. The maximum atomic E-state index is 6.05. The van der Waals surface area contributed by atoms with E-state index < -0.39 is 0 Å². The summed E-state index contributed by atoms with van der Waals surface area (Å²) in [5.41, 5.74) is 3.00. The molecule has 3 aromatic rings. The molecule has 0 saturated heterocycles. The number of benzene rings is 2. The van der Waals surface area contributed by atoms with Crippen LogP contribution in [0.15, 0.2) is 60.8 Å². The fraction of sp³-hybridized carbons (Fsp3) is 0.105. The lowest BCUT2D eigenvalue weighted by atomic mass is 10.1. The molecule has 0 radical (unpaired) electrons. The maximum Gasteiger partial charge on any atom is 0.131 e. The summed E-state index contributed by atoms with van der Waals surface area (Å²) in [6, 6.07) is 17.1. The molecule has 3 rings (SSSR count). The highest BCUT2D eigenvalue weighted by molar-refractivity contribution is 6.42. The molecule has 1 N–H and O–H groups in total. The number of rotatable bonds is 5. The number of pyridine rings is 1. The van der Waals surface area contributed by atoms with Crippen molar-refractivity contribution < 1.29 is 4.74 Å².